The smallest absolute Gasteiger partial charge is 0.256 e. The fraction of sp³-hybridized carbons (Fsp3) is 0.588. The molecular formula is C17H25N3O3. The Morgan fingerprint density at radius 3 is 2.91 bits per heavy atom. The zero-order chi connectivity index (χ0) is 16.8. The maximum Gasteiger partial charge on any atom is 0.256 e. The summed E-state index contributed by atoms with van der Waals surface area (Å²) in [6.45, 7) is 8.22. The van der Waals surface area contributed by atoms with E-state index in [1.165, 1.54) is 0 Å². The molecule has 1 fully saturated rings. The van der Waals surface area contributed by atoms with Gasteiger partial charge in [0.25, 0.3) is 5.91 Å². The molecule has 6 heteroatoms. The molecule has 1 aromatic heterocycles. The van der Waals surface area contributed by atoms with Crippen molar-refractivity contribution >= 4 is 11.8 Å². The van der Waals surface area contributed by atoms with Crippen LogP contribution >= 0.6 is 0 Å². The fourth-order valence-electron chi connectivity index (χ4n) is 2.54. The number of nitrogens with one attached hydrogen (secondary N) is 1. The van der Waals surface area contributed by atoms with E-state index in [-0.39, 0.29) is 11.8 Å². The molecule has 2 amide bonds. The topological polar surface area (TPSA) is 71.5 Å². The number of amides is 2. The van der Waals surface area contributed by atoms with Crippen molar-refractivity contribution in [1.82, 2.24) is 15.2 Å². The first kappa shape index (κ1) is 17.2. The van der Waals surface area contributed by atoms with Crippen molar-refractivity contribution in [1.29, 1.82) is 0 Å². The number of pyridine rings is 1. The van der Waals surface area contributed by atoms with E-state index in [0.29, 0.717) is 43.0 Å². The Morgan fingerprint density at radius 2 is 2.26 bits per heavy atom. The number of likely N-dealkylation sites (tertiary alicyclic amines) is 1. The summed E-state index contributed by atoms with van der Waals surface area (Å²) >= 11 is 0. The Bertz CT molecular complexity index is 560. The molecule has 2 heterocycles. The number of carbonyl (C=O) groups is 2. The Kier molecular flexibility index (Phi) is 5.96. The van der Waals surface area contributed by atoms with Gasteiger partial charge in [0.1, 0.15) is 5.56 Å². The van der Waals surface area contributed by atoms with Crippen LogP contribution in [0.15, 0.2) is 18.3 Å². The summed E-state index contributed by atoms with van der Waals surface area (Å²) in [5.41, 5.74) is 0.453. The third-order valence-corrected chi connectivity index (χ3v) is 3.85. The van der Waals surface area contributed by atoms with Crippen molar-refractivity contribution in [2.75, 3.05) is 26.2 Å². The Morgan fingerprint density at radius 1 is 1.48 bits per heavy atom. The Labute approximate surface area is 137 Å². The molecule has 6 nitrogen and oxygen atoms in total. The van der Waals surface area contributed by atoms with Gasteiger partial charge in [0.15, 0.2) is 0 Å². The minimum Gasteiger partial charge on any atom is -0.477 e. The number of rotatable bonds is 6. The minimum absolute atomic E-state index is 0.0930. The summed E-state index contributed by atoms with van der Waals surface area (Å²) in [5.74, 6) is 0.951. The molecule has 0 aromatic carbocycles. The summed E-state index contributed by atoms with van der Waals surface area (Å²) in [4.78, 5) is 29.7. The van der Waals surface area contributed by atoms with Crippen LogP contribution in [0.5, 0.6) is 5.88 Å². The highest BCUT2D eigenvalue weighted by molar-refractivity contribution is 5.96. The maximum absolute atomic E-state index is 12.4. The lowest BCUT2D eigenvalue weighted by Gasteiger charge is -2.15. The van der Waals surface area contributed by atoms with E-state index in [9.17, 15) is 9.59 Å². The van der Waals surface area contributed by atoms with Crippen molar-refractivity contribution in [2.45, 2.75) is 27.2 Å². The van der Waals surface area contributed by atoms with Gasteiger partial charge < -0.3 is 15.0 Å². The molecule has 23 heavy (non-hydrogen) atoms. The minimum atomic E-state index is -0.182. The molecule has 1 aliphatic heterocycles. The van der Waals surface area contributed by atoms with E-state index in [2.05, 4.69) is 10.3 Å². The fourth-order valence-corrected chi connectivity index (χ4v) is 2.54. The second-order valence-electron chi connectivity index (χ2n) is 6.39. The van der Waals surface area contributed by atoms with Crippen molar-refractivity contribution in [3.63, 3.8) is 0 Å². The van der Waals surface area contributed by atoms with Crippen molar-refractivity contribution in [2.24, 2.45) is 11.8 Å². The standard InChI is InChI=1S/C17H25N3O3/c1-12(2)11-23-17-15(5-4-7-18-17)16(22)19-9-14-6-8-20(10-14)13(3)21/h4-5,7,12,14H,6,8-11H2,1-3H3,(H,19,22). The van der Waals surface area contributed by atoms with E-state index >= 15 is 0 Å². The molecule has 1 atom stereocenters. The van der Waals surface area contributed by atoms with Crippen LogP contribution in [0.1, 0.15) is 37.6 Å². The summed E-state index contributed by atoms with van der Waals surface area (Å²) < 4.78 is 5.62. The van der Waals surface area contributed by atoms with E-state index in [0.717, 1.165) is 13.0 Å². The molecule has 126 valence electrons. The third kappa shape index (κ3) is 4.94. The normalized spacial score (nSPS) is 17.4. The molecular weight excluding hydrogens is 294 g/mol. The highest BCUT2D eigenvalue weighted by atomic mass is 16.5. The number of aromatic nitrogens is 1. The largest absolute Gasteiger partial charge is 0.477 e. The molecule has 1 unspecified atom stereocenters. The predicted octanol–water partition coefficient (Wildman–Crippen LogP) is 1.71. The molecule has 1 aromatic rings. The first-order valence-corrected chi connectivity index (χ1v) is 8.09. The number of hydrogen-bond acceptors (Lipinski definition) is 4. The summed E-state index contributed by atoms with van der Waals surface area (Å²) in [6, 6.07) is 3.44. The van der Waals surface area contributed by atoms with E-state index in [4.69, 9.17) is 4.74 Å². The lowest BCUT2D eigenvalue weighted by atomic mass is 10.1. The molecule has 0 bridgehead atoms. The first-order chi connectivity index (χ1) is 11.0. The van der Waals surface area contributed by atoms with Crippen LogP contribution in [0.4, 0.5) is 0 Å². The molecule has 0 saturated carbocycles. The predicted molar refractivity (Wildman–Crippen MR) is 87.3 cm³/mol. The van der Waals surface area contributed by atoms with E-state index < -0.39 is 0 Å². The van der Waals surface area contributed by atoms with Gasteiger partial charge in [0.05, 0.1) is 6.61 Å². The van der Waals surface area contributed by atoms with Gasteiger partial charge in [0.2, 0.25) is 11.8 Å². The van der Waals surface area contributed by atoms with Crippen LogP contribution in [0.3, 0.4) is 0 Å². The molecule has 0 radical (unpaired) electrons. The highest BCUT2D eigenvalue weighted by Crippen LogP contribution is 2.17. The van der Waals surface area contributed by atoms with Crippen molar-refractivity contribution in [3.05, 3.63) is 23.9 Å². The molecule has 1 aliphatic rings. The van der Waals surface area contributed by atoms with Crippen LogP contribution in [0.2, 0.25) is 0 Å². The SMILES string of the molecule is CC(=O)N1CCC(CNC(=O)c2cccnc2OCC(C)C)C1. The summed E-state index contributed by atoms with van der Waals surface area (Å²) in [5, 5.41) is 2.93. The first-order valence-electron chi connectivity index (χ1n) is 8.09. The number of nitrogens with zero attached hydrogens (tertiary/aromatic N) is 2. The lowest BCUT2D eigenvalue weighted by Crippen LogP contribution is -2.32. The molecule has 0 spiro atoms. The van der Waals surface area contributed by atoms with Crippen LogP contribution in [0.25, 0.3) is 0 Å². The van der Waals surface area contributed by atoms with Gasteiger partial charge >= 0.3 is 0 Å². The quantitative estimate of drug-likeness (QED) is 0.866. The summed E-state index contributed by atoms with van der Waals surface area (Å²) in [6.07, 6.45) is 2.54. The van der Waals surface area contributed by atoms with Crippen molar-refractivity contribution < 1.29 is 14.3 Å². The van der Waals surface area contributed by atoms with Gasteiger partial charge in [-0.25, -0.2) is 4.98 Å². The Hall–Kier alpha value is -2.11. The van der Waals surface area contributed by atoms with Crippen molar-refractivity contribution in [3.8, 4) is 5.88 Å². The third-order valence-electron chi connectivity index (χ3n) is 3.85. The average Bonchev–Trinajstić information content (AvgIpc) is 3.00. The van der Waals surface area contributed by atoms with Gasteiger partial charge in [-0.1, -0.05) is 13.8 Å². The molecule has 1 N–H and O–H groups in total. The second-order valence-corrected chi connectivity index (χ2v) is 6.39. The lowest BCUT2D eigenvalue weighted by molar-refractivity contribution is -0.127. The molecule has 2 rings (SSSR count). The van der Waals surface area contributed by atoms with Gasteiger partial charge in [0, 0.05) is 32.8 Å². The molecule has 0 aliphatic carbocycles. The van der Waals surface area contributed by atoms with Crippen LogP contribution < -0.4 is 10.1 Å². The van der Waals surface area contributed by atoms with Gasteiger partial charge in [-0.3, -0.25) is 9.59 Å². The maximum atomic E-state index is 12.4. The Balaban J connectivity index is 1.90. The summed E-state index contributed by atoms with van der Waals surface area (Å²) in [7, 11) is 0. The zero-order valence-electron chi connectivity index (χ0n) is 14.0. The molecule has 1 saturated heterocycles. The number of ether oxygens (including phenoxy) is 1. The van der Waals surface area contributed by atoms with Crippen LogP contribution in [-0.4, -0.2) is 47.9 Å². The van der Waals surface area contributed by atoms with Crippen LogP contribution in [0, 0.1) is 11.8 Å². The van der Waals surface area contributed by atoms with Crippen LogP contribution in [-0.2, 0) is 4.79 Å². The average molecular weight is 319 g/mol. The highest BCUT2D eigenvalue weighted by Gasteiger charge is 2.25. The monoisotopic (exact) mass is 319 g/mol. The van der Waals surface area contributed by atoms with Gasteiger partial charge in [-0.05, 0) is 30.4 Å². The van der Waals surface area contributed by atoms with Gasteiger partial charge in [-0.15, -0.1) is 0 Å². The second kappa shape index (κ2) is 7.94. The van der Waals surface area contributed by atoms with E-state index in [1.807, 2.05) is 18.7 Å². The number of carbonyl (C=O) groups excluding carboxylic acids is 2. The zero-order valence-corrected chi connectivity index (χ0v) is 14.0. The number of hydrogen-bond donors (Lipinski definition) is 1. The van der Waals surface area contributed by atoms with E-state index in [1.54, 1.807) is 25.3 Å². The van der Waals surface area contributed by atoms with Gasteiger partial charge in [-0.2, -0.15) is 0 Å².